The van der Waals surface area contributed by atoms with Gasteiger partial charge in [0.2, 0.25) is 0 Å². The van der Waals surface area contributed by atoms with Gasteiger partial charge in [0.1, 0.15) is 5.60 Å². The number of pyridine rings is 1. The first-order valence-corrected chi connectivity index (χ1v) is 12.5. The molecule has 1 aromatic carbocycles. The van der Waals surface area contributed by atoms with Gasteiger partial charge in [-0.25, -0.2) is 4.79 Å². The van der Waals surface area contributed by atoms with Crippen LogP contribution in [0.25, 0.3) is 21.1 Å². The van der Waals surface area contributed by atoms with E-state index in [0.717, 1.165) is 38.2 Å². The number of ether oxygens (including phenoxy) is 1. The number of fused-ring (bicyclic) bond motifs is 2. The van der Waals surface area contributed by atoms with E-state index in [1.165, 1.54) is 11.3 Å². The van der Waals surface area contributed by atoms with Gasteiger partial charge in [0.25, 0.3) is 5.91 Å². The third kappa shape index (κ3) is 4.95. The van der Waals surface area contributed by atoms with Crippen molar-refractivity contribution in [2.24, 2.45) is 0 Å². The zero-order valence-corrected chi connectivity index (χ0v) is 21.2. The highest BCUT2D eigenvalue weighted by molar-refractivity contribution is 7.21. The number of thiophene rings is 1. The molecule has 5 rings (SSSR count). The molecular weight excluding hydrogens is 462 g/mol. The Morgan fingerprint density at radius 1 is 1.06 bits per heavy atom. The smallest absolute Gasteiger partial charge is 0.410 e. The number of piperazine rings is 1. The summed E-state index contributed by atoms with van der Waals surface area (Å²) >= 11 is 1.44. The molecule has 9 heteroatoms. The number of amides is 2. The molecule has 0 unspecified atom stereocenters. The second-order valence-electron chi connectivity index (χ2n) is 9.82. The number of aromatic nitrogens is 2. The summed E-state index contributed by atoms with van der Waals surface area (Å²) in [4.78, 5) is 37.5. The summed E-state index contributed by atoms with van der Waals surface area (Å²) < 4.78 is 6.39. The van der Waals surface area contributed by atoms with Gasteiger partial charge in [0.05, 0.1) is 20.8 Å². The number of aryl methyl sites for hydroxylation is 1. The molecule has 0 atom stereocenters. The molecule has 8 nitrogen and oxygen atoms in total. The fourth-order valence-electron chi connectivity index (χ4n) is 4.23. The van der Waals surface area contributed by atoms with Crippen molar-refractivity contribution in [1.29, 1.82) is 0 Å². The van der Waals surface area contributed by atoms with Crippen LogP contribution in [-0.4, -0.2) is 63.5 Å². The number of carbonyl (C=O) groups excluding carboxylic acids is 2. The van der Waals surface area contributed by atoms with Crippen molar-refractivity contribution in [3.05, 3.63) is 53.2 Å². The maximum Gasteiger partial charge on any atom is 0.410 e. The molecule has 3 aromatic heterocycles. The van der Waals surface area contributed by atoms with Crippen molar-refractivity contribution < 1.29 is 14.3 Å². The lowest BCUT2D eigenvalue weighted by Gasteiger charge is -2.35. The van der Waals surface area contributed by atoms with E-state index in [9.17, 15) is 9.59 Å². The number of carbonyl (C=O) groups is 2. The summed E-state index contributed by atoms with van der Waals surface area (Å²) in [5.74, 6) is -0.0352. The molecule has 0 spiro atoms. The van der Waals surface area contributed by atoms with Gasteiger partial charge in [-0.3, -0.25) is 9.78 Å². The summed E-state index contributed by atoms with van der Waals surface area (Å²) in [5, 5.41) is 4.63. The second kappa shape index (κ2) is 8.88. The Morgan fingerprint density at radius 3 is 2.54 bits per heavy atom. The molecule has 2 amide bonds. The van der Waals surface area contributed by atoms with E-state index in [4.69, 9.17) is 4.74 Å². The number of rotatable bonds is 3. The minimum atomic E-state index is -0.536. The summed E-state index contributed by atoms with van der Waals surface area (Å²) in [6.07, 6.45) is 1.42. The van der Waals surface area contributed by atoms with Gasteiger partial charge < -0.3 is 24.8 Å². The highest BCUT2D eigenvalue weighted by Crippen LogP contribution is 2.34. The van der Waals surface area contributed by atoms with Crippen molar-refractivity contribution in [2.45, 2.75) is 33.3 Å². The Morgan fingerprint density at radius 2 is 1.80 bits per heavy atom. The molecule has 1 aliphatic heterocycles. The van der Waals surface area contributed by atoms with Gasteiger partial charge in [-0.15, -0.1) is 11.3 Å². The molecule has 4 heterocycles. The van der Waals surface area contributed by atoms with E-state index in [1.54, 1.807) is 16.0 Å². The van der Waals surface area contributed by atoms with Crippen molar-refractivity contribution in [3.63, 3.8) is 0 Å². The van der Waals surface area contributed by atoms with Crippen LogP contribution in [0.4, 0.5) is 16.2 Å². The summed E-state index contributed by atoms with van der Waals surface area (Å²) in [7, 11) is 0. The Balaban J connectivity index is 1.30. The lowest BCUT2D eigenvalue weighted by Crippen LogP contribution is -2.51. The largest absolute Gasteiger partial charge is 0.444 e. The minimum absolute atomic E-state index is 0.0352. The Labute approximate surface area is 207 Å². The normalized spacial score (nSPS) is 14.5. The molecule has 0 radical (unpaired) electrons. The lowest BCUT2D eigenvalue weighted by molar-refractivity contribution is 0.0141. The second-order valence-corrected chi connectivity index (χ2v) is 10.9. The van der Waals surface area contributed by atoms with Crippen LogP contribution in [0, 0.1) is 6.92 Å². The van der Waals surface area contributed by atoms with E-state index < -0.39 is 5.60 Å². The van der Waals surface area contributed by atoms with E-state index in [-0.39, 0.29) is 12.0 Å². The zero-order chi connectivity index (χ0) is 24.7. The van der Waals surface area contributed by atoms with Crippen LogP contribution in [0.1, 0.15) is 36.1 Å². The van der Waals surface area contributed by atoms with E-state index in [0.29, 0.717) is 31.1 Å². The molecule has 2 N–H and O–H groups in total. The monoisotopic (exact) mass is 491 g/mol. The molecular formula is C26H29N5O3S. The number of aromatic amines is 1. The number of hydrogen-bond acceptors (Lipinski definition) is 6. The lowest BCUT2D eigenvalue weighted by atomic mass is 10.2. The molecule has 4 aromatic rings. The average molecular weight is 492 g/mol. The number of anilines is 2. The molecule has 1 aliphatic rings. The van der Waals surface area contributed by atoms with E-state index in [2.05, 4.69) is 33.5 Å². The third-order valence-electron chi connectivity index (χ3n) is 5.88. The fourth-order valence-corrected chi connectivity index (χ4v) is 5.28. The number of hydrogen-bond donors (Lipinski definition) is 2. The van der Waals surface area contributed by atoms with Crippen molar-refractivity contribution in [3.8, 4) is 0 Å². The standard InChI is InChI=1S/C26H29N5O3S/c1-16-13-17-14-18(5-6-19(17)28-16)29-20-7-8-27-21-15-22(35-23(20)21)24(32)30-9-11-31(12-10-30)25(33)34-26(2,3)4/h5-8,13-15,28H,9-12H2,1-4H3,(H,27,29). The topological polar surface area (TPSA) is 90.6 Å². The highest BCUT2D eigenvalue weighted by Gasteiger charge is 2.29. The van der Waals surface area contributed by atoms with E-state index >= 15 is 0 Å². The molecule has 0 bridgehead atoms. The molecule has 1 saturated heterocycles. The number of H-pyrrole nitrogens is 1. The molecule has 0 saturated carbocycles. The molecule has 0 aliphatic carbocycles. The van der Waals surface area contributed by atoms with Crippen molar-refractivity contribution >= 4 is 55.8 Å². The van der Waals surface area contributed by atoms with Gasteiger partial charge in [-0.1, -0.05) is 0 Å². The van der Waals surface area contributed by atoms with Gasteiger partial charge in [-0.2, -0.15) is 0 Å². The van der Waals surface area contributed by atoms with Crippen LogP contribution in [0.3, 0.4) is 0 Å². The Hall–Kier alpha value is -3.59. The summed E-state index contributed by atoms with van der Waals surface area (Å²) in [5.41, 5.74) is 4.37. The molecule has 35 heavy (non-hydrogen) atoms. The average Bonchev–Trinajstić information content (AvgIpc) is 3.40. The van der Waals surface area contributed by atoms with Gasteiger partial charge in [-0.05, 0) is 64.1 Å². The summed E-state index contributed by atoms with van der Waals surface area (Å²) in [6.45, 7) is 9.45. The van der Waals surface area contributed by atoms with Crippen LogP contribution in [0.5, 0.6) is 0 Å². The zero-order valence-electron chi connectivity index (χ0n) is 20.3. The van der Waals surface area contributed by atoms with Crippen molar-refractivity contribution in [2.75, 3.05) is 31.5 Å². The Kier molecular flexibility index (Phi) is 5.88. The maximum absolute atomic E-state index is 13.2. The molecule has 1 fully saturated rings. The number of nitrogens with zero attached hydrogens (tertiary/aromatic N) is 3. The number of nitrogens with one attached hydrogen (secondary N) is 2. The van der Waals surface area contributed by atoms with Crippen molar-refractivity contribution in [1.82, 2.24) is 19.8 Å². The highest BCUT2D eigenvalue weighted by atomic mass is 32.1. The van der Waals surface area contributed by atoms with Crippen LogP contribution in [-0.2, 0) is 4.74 Å². The van der Waals surface area contributed by atoms with E-state index in [1.807, 2.05) is 45.9 Å². The summed E-state index contributed by atoms with van der Waals surface area (Å²) in [6, 6.07) is 12.1. The first kappa shape index (κ1) is 23.2. The first-order valence-electron chi connectivity index (χ1n) is 11.7. The first-order chi connectivity index (χ1) is 16.7. The molecule has 182 valence electrons. The predicted molar refractivity (Wildman–Crippen MR) is 140 cm³/mol. The number of benzene rings is 1. The van der Waals surface area contributed by atoms with Crippen LogP contribution in [0.15, 0.2) is 42.6 Å². The van der Waals surface area contributed by atoms with Crippen LogP contribution < -0.4 is 5.32 Å². The van der Waals surface area contributed by atoms with Gasteiger partial charge in [0, 0.05) is 54.7 Å². The SMILES string of the molecule is Cc1cc2cc(Nc3ccnc4cc(C(=O)N5CCN(C(=O)OC(C)(C)C)CC5)sc34)ccc2[nH]1. The third-order valence-corrected chi connectivity index (χ3v) is 7.02. The van der Waals surface area contributed by atoms with Crippen LogP contribution >= 0.6 is 11.3 Å². The Bertz CT molecular complexity index is 1410. The maximum atomic E-state index is 13.2. The predicted octanol–water partition coefficient (Wildman–Crippen LogP) is 5.52. The fraction of sp³-hybridized carbons (Fsp3) is 0.346. The quantitative estimate of drug-likeness (QED) is 0.394. The van der Waals surface area contributed by atoms with Gasteiger partial charge in [0.15, 0.2) is 0 Å². The van der Waals surface area contributed by atoms with Gasteiger partial charge >= 0.3 is 6.09 Å². The van der Waals surface area contributed by atoms with Crippen LogP contribution in [0.2, 0.25) is 0 Å². The minimum Gasteiger partial charge on any atom is -0.444 e.